The normalized spacial score (nSPS) is 26.2. The molecule has 0 aromatic carbocycles. The molecule has 3 N–H and O–H groups in total. The quantitative estimate of drug-likeness (QED) is 0.238. The number of carboxylic acid groups (broad SMARTS) is 2. The van der Waals surface area contributed by atoms with E-state index < -0.39 is 67.3 Å². The Hall–Kier alpha value is -1.92. The number of aromatic nitrogens is 2. The minimum absolute atomic E-state index is 0.535. The first-order valence-corrected chi connectivity index (χ1v) is 10.1. The Morgan fingerprint density at radius 3 is 2.48 bits per heavy atom. The molecular weight excluding hydrogens is 407 g/mol. The van der Waals surface area contributed by atoms with Gasteiger partial charge in [0.2, 0.25) is 7.23 Å². The molecule has 4 unspecified atom stereocenters. The van der Waals surface area contributed by atoms with Crippen LogP contribution in [0, 0.1) is 5.92 Å². The highest BCUT2D eigenvalue weighted by atomic mass is 32.7. The molecule has 0 amide bonds. The molecular formula is C13H17N2O10PS. The summed E-state index contributed by atoms with van der Waals surface area (Å²) in [7, 11) is -1.60. The van der Waals surface area contributed by atoms with Crippen molar-refractivity contribution >= 4 is 31.4 Å². The number of aromatic amines is 1. The van der Waals surface area contributed by atoms with Crippen molar-refractivity contribution < 1.29 is 38.4 Å². The van der Waals surface area contributed by atoms with E-state index in [-0.39, 0.29) is 0 Å². The van der Waals surface area contributed by atoms with Crippen LogP contribution >= 0.6 is 19.5 Å². The Morgan fingerprint density at radius 2 is 2.00 bits per heavy atom. The molecule has 14 heteroatoms. The standard InChI is InChI=1S/C13H17N2O10PS/c1-23-9-8(25-26(22)27)6(4-5(11(17)18)12(19)20)24-10(9)15-3-2-7(16)14-13(15)21/h2-3,5-6,8-10,26H,4H2,1H3,(H,17,18)(H,19,20)(H,22,27)(H,14,16,21)/t6?,8?,9?,10-/m1/s1. The van der Waals surface area contributed by atoms with Gasteiger partial charge >= 0.3 is 17.6 Å². The first-order valence-electron chi connectivity index (χ1n) is 7.50. The van der Waals surface area contributed by atoms with Crippen LogP contribution in [-0.4, -0.2) is 57.1 Å². The Labute approximate surface area is 157 Å². The Bertz CT molecular complexity index is 840. The number of ether oxygens (including phenoxy) is 2. The van der Waals surface area contributed by atoms with Crippen molar-refractivity contribution in [1.29, 1.82) is 0 Å². The van der Waals surface area contributed by atoms with Crippen molar-refractivity contribution in [2.24, 2.45) is 5.92 Å². The Morgan fingerprint density at radius 1 is 1.37 bits per heavy atom. The number of nitrogens with zero attached hydrogens (tertiary/aromatic N) is 1. The molecule has 0 saturated carbocycles. The molecule has 2 heterocycles. The first kappa shape index (κ1) is 21.4. The zero-order valence-corrected chi connectivity index (χ0v) is 15.7. The lowest BCUT2D eigenvalue weighted by Gasteiger charge is -2.23. The summed E-state index contributed by atoms with van der Waals surface area (Å²) in [6, 6.07) is 1.05. The lowest BCUT2D eigenvalue weighted by Crippen LogP contribution is -2.39. The fourth-order valence-corrected chi connectivity index (χ4v) is 3.68. The Balaban J connectivity index is 2.41. The number of aliphatic carboxylic acids is 2. The van der Waals surface area contributed by atoms with Crippen molar-refractivity contribution in [1.82, 2.24) is 9.55 Å². The average molecular weight is 424 g/mol. The number of H-pyrrole nitrogens is 1. The minimum Gasteiger partial charge on any atom is -0.481 e. The van der Waals surface area contributed by atoms with Crippen molar-refractivity contribution in [3.63, 3.8) is 0 Å². The maximum absolute atomic E-state index is 12.0. The minimum atomic E-state index is -2.84. The largest absolute Gasteiger partial charge is 0.481 e. The second-order valence-electron chi connectivity index (χ2n) is 5.60. The van der Waals surface area contributed by atoms with Gasteiger partial charge in [-0.25, -0.2) is 4.79 Å². The SMILES string of the molecule is COC1C(O[PH](=O)S)C(CC(C(=O)O)C(=O)O)O[C@H]1n1ccc(=O)[nH]c1=O. The van der Waals surface area contributed by atoms with Gasteiger partial charge in [0.15, 0.2) is 12.1 Å². The second-order valence-corrected chi connectivity index (χ2v) is 7.46. The maximum Gasteiger partial charge on any atom is 0.330 e. The first-order chi connectivity index (χ1) is 12.6. The summed E-state index contributed by atoms with van der Waals surface area (Å²) < 4.78 is 28.5. The fraction of sp³-hybridized carbons (Fsp3) is 0.538. The van der Waals surface area contributed by atoms with Crippen LogP contribution in [0.2, 0.25) is 0 Å². The molecule has 0 radical (unpaired) electrons. The molecule has 0 aliphatic carbocycles. The van der Waals surface area contributed by atoms with Crippen LogP contribution in [0.1, 0.15) is 12.6 Å². The summed E-state index contributed by atoms with van der Waals surface area (Å²) in [6.07, 6.45) is -3.99. The highest BCUT2D eigenvalue weighted by Gasteiger charge is 2.49. The van der Waals surface area contributed by atoms with E-state index in [2.05, 4.69) is 12.2 Å². The van der Waals surface area contributed by atoms with Gasteiger partial charge in [0, 0.05) is 25.8 Å². The van der Waals surface area contributed by atoms with Crippen LogP contribution in [0.15, 0.2) is 21.9 Å². The van der Waals surface area contributed by atoms with Gasteiger partial charge in [-0.2, -0.15) is 0 Å². The van der Waals surface area contributed by atoms with E-state index in [9.17, 15) is 23.7 Å². The highest BCUT2D eigenvalue weighted by Crippen LogP contribution is 2.41. The van der Waals surface area contributed by atoms with Gasteiger partial charge in [-0.1, -0.05) is 12.2 Å². The van der Waals surface area contributed by atoms with E-state index in [0.29, 0.717) is 0 Å². The molecule has 27 heavy (non-hydrogen) atoms. The van der Waals surface area contributed by atoms with Crippen LogP contribution < -0.4 is 11.2 Å². The third-order valence-corrected chi connectivity index (χ3v) is 4.77. The second kappa shape index (κ2) is 8.85. The van der Waals surface area contributed by atoms with Crippen LogP contribution in [0.4, 0.5) is 0 Å². The molecule has 1 aromatic heterocycles. The number of rotatable bonds is 8. The lowest BCUT2D eigenvalue weighted by molar-refractivity contribution is -0.157. The molecule has 1 aliphatic rings. The number of nitrogens with one attached hydrogen (secondary N) is 1. The molecule has 12 nitrogen and oxygen atoms in total. The summed E-state index contributed by atoms with van der Waals surface area (Å²) >= 11 is 3.68. The van der Waals surface area contributed by atoms with Gasteiger partial charge in [-0.3, -0.25) is 28.5 Å². The van der Waals surface area contributed by atoms with Gasteiger partial charge in [0.05, 0.1) is 6.10 Å². The molecule has 5 atom stereocenters. The zero-order chi connectivity index (χ0) is 20.3. The summed E-state index contributed by atoms with van der Waals surface area (Å²) in [4.78, 5) is 47.7. The van der Waals surface area contributed by atoms with Gasteiger partial charge in [-0.15, -0.1) is 0 Å². The number of thiol groups is 1. The van der Waals surface area contributed by atoms with E-state index >= 15 is 0 Å². The van der Waals surface area contributed by atoms with Gasteiger partial charge in [0.25, 0.3) is 5.56 Å². The number of hydrogen-bond donors (Lipinski definition) is 4. The summed E-state index contributed by atoms with van der Waals surface area (Å²) in [5.74, 6) is -5.02. The van der Waals surface area contributed by atoms with E-state index in [4.69, 9.17) is 24.2 Å². The fourth-order valence-electron chi connectivity index (χ4n) is 2.80. The van der Waals surface area contributed by atoms with Crippen molar-refractivity contribution in [2.75, 3.05) is 7.11 Å². The van der Waals surface area contributed by atoms with Crippen LogP contribution in [0.5, 0.6) is 0 Å². The van der Waals surface area contributed by atoms with E-state index in [0.717, 1.165) is 16.8 Å². The molecule has 2 rings (SSSR count). The number of hydrogen-bond acceptors (Lipinski definition) is 8. The van der Waals surface area contributed by atoms with E-state index in [1.807, 2.05) is 4.98 Å². The zero-order valence-electron chi connectivity index (χ0n) is 13.8. The predicted molar refractivity (Wildman–Crippen MR) is 92.3 cm³/mol. The van der Waals surface area contributed by atoms with Crippen LogP contribution in [0.25, 0.3) is 0 Å². The van der Waals surface area contributed by atoms with Crippen LogP contribution in [-0.2, 0) is 28.2 Å². The van der Waals surface area contributed by atoms with Gasteiger partial charge in [0.1, 0.15) is 12.2 Å². The molecule has 0 spiro atoms. The van der Waals surface area contributed by atoms with Gasteiger partial charge < -0.3 is 24.2 Å². The molecule has 1 aliphatic heterocycles. The molecule has 1 saturated heterocycles. The molecule has 1 aromatic rings. The van der Waals surface area contributed by atoms with E-state index in [1.54, 1.807) is 0 Å². The summed E-state index contributed by atoms with van der Waals surface area (Å²) in [6.45, 7) is 0. The molecule has 150 valence electrons. The number of carbonyl (C=O) groups is 2. The molecule has 0 bridgehead atoms. The number of methoxy groups -OCH3 is 1. The lowest BCUT2D eigenvalue weighted by atomic mass is 9.97. The smallest absolute Gasteiger partial charge is 0.330 e. The van der Waals surface area contributed by atoms with E-state index in [1.165, 1.54) is 7.11 Å². The third kappa shape index (κ3) is 4.87. The van der Waals surface area contributed by atoms with Crippen molar-refractivity contribution in [3.8, 4) is 0 Å². The third-order valence-electron chi connectivity index (χ3n) is 3.98. The molecule has 1 fully saturated rings. The monoisotopic (exact) mass is 424 g/mol. The van der Waals surface area contributed by atoms with Gasteiger partial charge in [-0.05, 0) is 0 Å². The highest BCUT2D eigenvalue weighted by molar-refractivity contribution is 8.39. The summed E-state index contributed by atoms with van der Waals surface area (Å²) in [5, 5.41) is 18.2. The topological polar surface area (TPSA) is 174 Å². The van der Waals surface area contributed by atoms with Crippen molar-refractivity contribution in [2.45, 2.75) is 31.0 Å². The van der Waals surface area contributed by atoms with Crippen LogP contribution in [0.3, 0.4) is 0 Å². The number of carboxylic acids is 2. The van der Waals surface area contributed by atoms with Crippen molar-refractivity contribution in [3.05, 3.63) is 33.1 Å². The average Bonchev–Trinajstić information content (AvgIpc) is 2.88. The summed E-state index contributed by atoms with van der Waals surface area (Å²) in [5.41, 5.74) is -1.48. The Kier molecular flexibility index (Phi) is 7.00. The maximum atomic E-state index is 12.0. The predicted octanol–water partition coefficient (Wildman–Crippen LogP) is -0.671.